The second-order valence-corrected chi connectivity index (χ2v) is 12.5. The second kappa shape index (κ2) is 6.89. The first-order valence-electron chi connectivity index (χ1n) is 11.2. The first-order valence-corrected chi connectivity index (χ1v) is 13.0. The predicted molar refractivity (Wildman–Crippen MR) is 112 cm³/mol. The highest BCUT2D eigenvalue weighted by molar-refractivity contribution is 7.92. The van der Waals surface area contributed by atoms with Crippen molar-refractivity contribution < 1.29 is 17.2 Å². The van der Waals surface area contributed by atoms with Crippen molar-refractivity contribution in [3.63, 3.8) is 0 Å². The van der Waals surface area contributed by atoms with Gasteiger partial charge in [-0.2, -0.15) is 5.10 Å². The molecule has 3 aliphatic heterocycles. The van der Waals surface area contributed by atoms with Crippen molar-refractivity contribution >= 4 is 15.7 Å². The number of hydrogen-bond donors (Lipinski definition) is 0. The fourth-order valence-corrected chi connectivity index (χ4v) is 8.34. The lowest BCUT2D eigenvalue weighted by Crippen LogP contribution is -2.56. The van der Waals surface area contributed by atoms with Crippen molar-refractivity contribution in [2.45, 2.75) is 69.9 Å². The van der Waals surface area contributed by atoms with E-state index in [2.05, 4.69) is 23.8 Å². The van der Waals surface area contributed by atoms with Gasteiger partial charge in [-0.05, 0) is 52.5 Å². The Hall–Kier alpha value is -1.22. The van der Waals surface area contributed by atoms with Crippen molar-refractivity contribution in [2.75, 3.05) is 42.6 Å². The zero-order valence-electron chi connectivity index (χ0n) is 17.9. The number of sulfone groups is 1. The van der Waals surface area contributed by atoms with Crippen LogP contribution >= 0.6 is 0 Å². The van der Waals surface area contributed by atoms with Crippen LogP contribution in [0.15, 0.2) is 6.07 Å². The molecule has 4 aliphatic rings. The summed E-state index contributed by atoms with van der Waals surface area (Å²) in [4.78, 5) is 4.20. The predicted octanol–water partition coefficient (Wildman–Crippen LogP) is 3.07. The van der Waals surface area contributed by atoms with Crippen LogP contribution in [0.2, 0.25) is 0 Å². The van der Waals surface area contributed by atoms with Gasteiger partial charge in [0.15, 0.2) is 15.7 Å². The van der Waals surface area contributed by atoms with Crippen LogP contribution in [0.5, 0.6) is 0 Å². The fraction of sp³-hybridized carbons (Fsp3) is 0.857. The van der Waals surface area contributed by atoms with E-state index in [9.17, 15) is 17.2 Å². The van der Waals surface area contributed by atoms with Gasteiger partial charge >= 0.3 is 0 Å². The van der Waals surface area contributed by atoms with E-state index in [0.29, 0.717) is 29.3 Å². The van der Waals surface area contributed by atoms with E-state index in [-0.39, 0.29) is 24.5 Å². The summed E-state index contributed by atoms with van der Waals surface area (Å²) in [6.07, 6.45) is 5.36. The molecule has 0 atom stereocenters. The third-order valence-electron chi connectivity index (χ3n) is 7.56. The minimum absolute atomic E-state index is 0.0279. The zero-order chi connectivity index (χ0) is 21.3. The van der Waals surface area contributed by atoms with Gasteiger partial charge in [-0.3, -0.25) is 9.58 Å². The van der Waals surface area contributed by atoms with Crippen molar-refractivity contribution in [1.82, 2.24) is 14.7 Å². The van der Waals surface area contributed by atoms with Crippen LogP contribution < -0.4 is 4.90 Å². The van der Waals surface area contributed by atoms with Gasteiger partial charge < -0.3 is 4.90 Å². The van der Waals surface area contributed by atoms with Crippen LogP contribution in [0.3, 0.4) is 0 Å². The summed E-state index contributed by atoms with van der Waals surface area (Å²) in [6.45, 7) is 5.66. The quantitative estimate of drug-likeness (QED) is 0.717. The third-order valence-corrected chi connectivity index (χ3v) is 9.67. The summed E-state index contributed by atoms with van der Waals surface area (Å²) >= 11 is 0. The number of rotatable bonds is 4. The molecule has 1 spiro atoms. The molecule has 0 aromatic carbocycles. The van der Waals surface area contributed by atoms with E-state index in [1.807, 2.05) is 10.7 Å². The van der Waals surface area contributed by atoms with Gasteiger partial charge in [-0.15, -0.1) is 0 Å². The maximum absolute atomic E-state index is 13.3. The van der Waals surface area contributed by atoms with Gasteiger partial charge in [0.25, 0.3) is 5.92 Å². The summed E-state index contributed by atoms with van der Waals surface area (Å²) in [5.41, 5.74) is 1.21. The Morgan fingerprint density at radius 2 is 1.77 bits per heavy atom. The summed E-state index contributed by atoms with van der Waals surface area (Å²) in [5, 5.41) is 4.66. The smallest absolute Gasteiger partial charge is 0.282 e. The van der Waals surface area contributed by atoms with Crippen LogP contribution in [0.25, 0.3) is 0 Å². The van der Waals surface area contributed by atoms with Crippen LogP contribution in [0.1, 0.15) is 63.6 Å². The highest BCUT2D eigenvalue weighted by atomic mass is 32.2. The standard InChI is InChI=1S/C21H32F2N4O2S/c1-15(2)27-18(9-19(24-27)26-11-21(22,23)12-26)16-3-5-17(6-4-16)25-8-7-20(10-25)13-30(28,29)14-20/h9,15-17H,3-8,10-14H2,1-2H3/t16-,17-. The molecule has 6 nitrogen and oxygen atoms in total. The molecule has 0 amide bonds. The van der Waals surface area contributed by atoms with E-state index in [1.54, 1.807) is 4.90 Å². The average Bonchev–Trinajstić information content (AvgIpc) is 3.24. The lowest BCUT2D eigenvalue weighted by atomic mass is 9.83. The topological polar surface area (TPSA) is 58.4 Å². The molecule has 3 saturated heterocycles. The molecule has 0 unspecified atom stereocenters. The first-order chi connectivity index (χ1) is 14.0. The minimum Gasteiger partial charge on any atom is -0.343 e. The highest BCUT2D eigenvalue weighted by Crippen LogP contribution is 2.45. The van der Waals surface area contributed by atoms with Gasteiger partial charge in [-0.1, -0.05) is 0 Å². The van der Waals surface area contributed by atoms with Crippen LogP contribution in [0, 0.1) is 5.41 Å². The van der Waals surface area contributed by atoms with Crippen LogP contribution in [0.4, 0.5) is 14.6 Å². The molecule has 30 heavy (non-hydrogen) atoms. The minimum atomic E-state index is -2.78. The Bertz CT molecular complexity index is 901. The van der Waals surface area contributed by atoms with Gasteiger partial charge in [0.05, 0.1) is 24.6 Å². The van der Waals surface area contributed by atoms with Crippen molar-refractivity contribution in [3.05, 3.63) is 11.8 Å². The Kier molecular flexibility index (Phi) is 4.75. The molecule has 168 valence electrons. The normalized spacial score (nSPS) is 32.4. The molecular weight excluding hydrogens is 410 g/mol. The molecule has 1 aromatic rings. The largest absolute Gasteiger partial charge is 0.343 e. The summed E-state index contributed by atoms with van der Waals surface area (Å²) in [7, 11) is -2.78. The molecule has 1 aliphatic carbocycles. The molecule has 0 radical (unpaired) electrons. The van der Waals surface area contributed by atoms with Gasteiger partial charge in [0.1, 0.15) is 0 Å². The van der Waals surface area contributed by atoms with E-state index in [0.717, 1.165) is 45.2 Å². The van der Waals surface area contributed by atoms with Crippen LogP contribution in [-0.2, 0) is 9.84 Å². The summed E-state index contributed by atoms with van der Waals surface area (Å²) in [6, 6.07) is 2.77. The Morgan fingerprint density at radius 1 is 1.10 bits per heavy atom. The molecule has 0 N–H and O–H groups in total. The SMILES string of the molecule is CC(C)n1nc(N2CC(F)(F)C2)cc1[C@H]1CC[C@H](N2CCC3(C2)CS(=O)(=O)C3)CC1. The number of anilines is 1. The van der Waals surface area contributed by atoms with Crippen molar-refractivity contribution in [2.24, 2.45) is 5.41 Å². The highest BCUT2D eigenvalue weighted by Gasteiger charge is 2.53. The lowest BCUT2D eigenvalue weighted by Gasteiger charge is -2.40. The number of halogens is 2. The molecular formula is C21H32F2N4O2S. The van der Waals surface area contributed by atoms with E-state index < -0.39 is 15.8 Å². The maximum atomic E-state index is 13.3. The summed E-state index contributed by atoms with van der Waals surface area (Å²) < 4.78 is 51.9. The lowest BCUT2D eigenvalue weighted by molar-refractivity contribution is -0.0267. The average molecular weight is 443 g/mol. The number of hydrogen-bond acceptors (Lipinski definition) is 5. The second-order valence-electron chi connectivity index (χ2n) is 10.4. The zero-order valence-corrected chi connectivity index (χ0v) is 18.7. The maximum Gasteiger partial charge on any atom is 0.282 e. The molecule has 5 rings (SSSR count). The van der Waals surface area contributed by atoms with E-state index >= 15 is 0 Å². The molecule has 4 heterocycles. The van der Waals surface area contributed by atoms with E-state index in [4.69, 9.17) is 0 Å². The van der Waals surface area contributed by atoms with E-state index in [1.165, 1.54) is 5.69 Å². The number of likely N-dealkylation sites (tertiary alicyclic amines) is 1. The molecule has 1 saturated carbocycles. The molecule has 0 bridgehead atoms. The Labute approximate surface area is 177 Å². The van der Waals surface area contributed by atoms with Crippen molar-refractivity contribution in [3.8, 4) is 0 Å². The Morgan fingerprint density at radius 3 is 2.33 bits per heavy atom. The van der Waals surface area contributed by atoms with Gasteiger partial charge in [-0.25, -0.2) is 17.2 Å². The third kappa shape index (κ3) is 3.66. The Balaban J connectivity index is 1.22. The van der Waals surface area contributed by atoms with Gasteiger partial charge in [0, 0.05) is 41.7 Å². The molecule has 4 fully saturated rings. The van der Waals surface area contributed by atoms with Crippen molar-refractivity contribution in [1.29, 1.82) is 0 Å². The fourth-order valence-electron chi connectivity index (χ4n) is 6.09. The van der Waals surface area contributed by atoms with Gasteiger partial charge in [0.2, 0.25) is 0 Å². The number of alkyl halides is 2. The first kappa shape index (κ1) is 20.7. The number of aromatic nitrogens is 2. The van der Waals surface area contributed by atoms with Crippen LogP contribution in [-0.4, -0.2) is 72.7 Å². The molecule has 1 aromatic heterocycles. The summed E-state index contributed by atoms with van der Waals surface area (Å²) in [5.74, 6) is -0.755. The monoisotopic (exact) mass is 442 g/mol. The number of nitrogens with zero attached hydrogens (tertiary/aromatic N) is 4. The molecule has 9 heteroatoms.